The van der Waals surface area contributed by atoms with Gasteiger partial charge in [-0.2, -0.15) is 5.26 Å². The lowest BCUT2D eigenvalue weighted by atomic mass is 9.82. The van der Waals surface area contributed by atoms with Gasteiger partial charge in [-0.25, -0.2) is 4.98 Å². The first-order chi connectivity index (χ1) is 8.80. The Hall–Kier alpha value is -0.570. The Morgan fingerprint density at radius 1 is 1.50 bits per heavy atom. The minimum atomic E-state index is -0.270. The number of thiazole rings is 1. The minimum absolute atomic E-state index is 0.270. The predicted octanol–water partition coefficient (Wildman–Crippen LogP) is 3.19. The summed E-state index contributed by atoms with van der Waals surface area (Å²) in [5, 5.41) is 15.7. The highest BCUT2D eigenvalue weighted by Gasteiger charge is 2.40. The van der Waals surface area contributed by atoms with Crippen molar-refractivity contribution in [3.63, 3.8) is 0 Å². The van der Waals surface area contributed by atoms with E-state index in [1.54, 1.807) is 11.3 Å². The van der Waals surface area contributed by atoms with Crippen LogP contribution >= 0.6 is 23.1 Å². The first-order valence-corrected chi connectivity index (χ1v) is 8.31. The van der Waals surface area contributed by atoms with Crippen molar-refractivity contribution in [1.82, 2.24) is 10.3 Å². The van der Waals surface area contributed by atoms with Gasteiger partial charge >= 0.3 is 0 Å². The smallest absolute Gasteiger partial charge is 0.150 e. The maximum Gasteiger partial charge on any atom is 0.150 e. The molecule has 0 radical (unpaired) electrons. The molecule has 1 aromatic rings. The summed E-state index contributed by atoms with van der Waals surface area (Å²) in [6.45, 7) is 0. The zero-order valence-electron chi connectivity index (χ0n) is 10.3. The van der Waals surface area contributed by atoms with Crippen molar-refractivity contribution in [2.75, 3.05) is 0 Å². The van der Waals surface area contributed by atoms with Crippen molar-refractivity contribution in [3.8, 4) is 6.07 Å². The molecule has 0 amide bonds. The summed E-state index contributed by atoms with van der Waals surface area (Å²) < 4.78 is 1.14. The minimum Gasteiger partial charge on any atom is -0.297 e. The number of nitriles is 1. The standard InChI is InChI=1S/C13H17N3S2/c14-9-13(16-10-3-4-10)5-1-2-11(8-13)18-12-15-6-7-17-12/h6-7,10-11,16H,1-5,8H2. The molecule has 2 saturated carbocycles. The molecular formula is C13H17N3S2. The summed E-state index contributed by atoms with van der Waals surface area (Å²) in [4.78, 5) is 4.34. The Bertz CT molecular complexity index is 436. The third-order valence-electron chi connectivity index (χ3n) is 3.65. The Kier molecular flexibility index (Phi) is 3.60. The Balaban J connectivity index is 1.64. The van der Waals surface area contributed by atoms with E-state index in [2.05, 4.69) is 16.4 Å². The van der Waals surface area contributed by atoms with Crippen molar-refractivity contribution >= 4 is 23.1 Å². The highest BCUT2D eigenvalue weighted by molar-refractivity contribution is 8.01. The Labute approximate surface area is 116 Å². The van der Waals surface area contributed by atoms with Gasteiger partial charge in [0, 0.05) is 22.9 Å². The van der Waals surface area contributed by atoms with Crippen LogP contribution in [0.25, 0.3) is 0 Å². The zero-order chi connectivity index (χ0) is 12.4. The van der Waals surface area contributed by atoms with Crippen LogP contribution in [-0.2, 0) is 0 Å². The van der Waals surface area contributed by atoms with Crippen LogP contribution in [-0.4, -0.2) is 21.8 Å². The lowest BCUT2D eigenvalue weighted by molar-refractivity contribution is 0.301. The van der Waals surface area contributed by atoms with Gasteiger partial charge in [-0.05, 0) is 38.5 Å². The zero-order valence-corrected chi connectivity index (χ0v) is 11.9. The first-order valence-electron chi connectivity index (χ1n) is 6.55. The van der Waals surface area contributed by atoms with Crippen LogP contribution in [0.1, 0.15) is 38.5 Å². The van der Waals surface area contributed by atoms with Crippen molar-refractivity contribution in [1.29, 1.82) is 5.26 Å². The molecule has 0 bridgehead atoms. The molecule has 2 aliphatic carbocycles. The first kappa shape index (κ1) is 12.5. The molecule has 0 spiro atoms. The van der Waals surface area contributed by atoms with E-state index in [0.717, 1.165) is 23.6 Å². The van der Waals surface area contributed by atoms with Gasteiger partial charge in [0.2, 0.25) is 0 Å². The maximum absolute atomic E-state index is 9.53. The summed E-state index contributed by atoms with van der Waals surface area (Å²) in [5.41, 5.74) is -0.270. The van der Waals surface area contributed by atoms with E-state index < -0.39 is 0 Å². The van der Waals surface area contributed by atoms with Gasteiger partial charge in [-0.1, -0.05) is 11.8 Å². The van der Waals surface area contributed by atoms with E-state index in [-0.39, 0.29) is 5.54 Å². The van der Waals surface area contributed by atoms with Crippen LogP contribution in [0.5, 0.6) is 0 Å². The Morgan fingerprint density at radius 2 is 2.39 bits per heavy atom. The molecule has 0 aromatic carbocycles. The predicted molar refractivity (Wildman–Crippen MR) is 74.7 cm³/mol. The van der Waals surface area contributed by atoms with Crippen LogP contribution in [0, 0.1) is 11.3 Å². The highest BCUT2D eigenvalue weighted by atomic mass is 32.2. The van der Waals surface area contributed by atoms with Gasteiger partial charge in [0.1, 0.15) is 9.88 Å². The average Bonchev–Trinajstić information content (AvgIpc) is 3.03. The molecule has 1 N–H and O–H groups in total. The van der Waals surface area contributed by atoms with Gasteiger partial charge in [0.25, 0.3) is 0 Å². The summed E-state index contributed by atoms with van der Waals surface area (Å²) in [6, 6.07) is 3.16. The van der Waals surface area contributed by atoms with Crippen LogP contribution < -0.4 is 5.32 Å². The van der Waals surface area contributed by atoms with E-state index in [4.69, 9.17) is 0 Å². The van der Waals surface area contributed by atoms with E-state index in [9.17, 15) is 5.26 Å². The second-order valence-electron chi connectivity index (χ2n) is 5.25. The van der Waals surface area contributed by atoms with Gasteiger partial charge in [0.05, 0.1) is 6.07 Å². The lowest BCUT2D eigenvalue weighted by Crippen LogP contribution is -2.49. The molecule has 1 aromatic heterocycles. The summed E-state index contributed by atoms with van der Waals surface area (Å²) in [5.74, 6) is 0. The number of thioether (sulfide) groups is 1. The van der Waals surface area contributed by atoms with E-state index in [0.29, 0.717) is 11.3 Å². The van der Waals surface area contributed by atoms with Crippen LogP contribution in [0.3, 0.4) is 0 Å². The lowest BCUT2D eigenvalue weighted by Gasteiger charge is -2.36. The van der Waals surface area contributed by atoms with Crippen molar-refractivity contribution in [2.45, 2.75) is 59.7 Å². The van der Waals surface area contributed by atoms with Crippen LogP contribution in [0.15, 0.2) is 15.9 Å². The van der Waals surface area contributed by atoms with E-state index in [1.165, 1.54) is 19.3 Å². The third-order valence-corrected chi connectivity index (χ3v) is 5.84. The second kappa shape index (κ2) is 5.20. The number of hydrogen-bond donors (Lipinski definition) is 1. The molecule has 96 valence electrons. The molecule has 18 heavy (non-hydrogen) atoms. The molecule has 1 heterocycles. The third kappa shape index (κ3) is 2.87. The normalized spacial score (nSPS) is 32.1. The summed E-state index contributed by atoms with van der Waals surface area (Å²) in [6.07, 6.45) is 8.67. The number of rotatable bonds is 4. The van der Waals surface area contributed by atoms with Gasteiger partial charge < -0.3 is 0 Å². The SMILES string of the molecule is N#CC1(NC2CC2)CCCC(Sc2nccs2)C1. The highest BCUT2D eigenvalue weighted by Crippen LogP contribution is 2.40. The van der Waals surface area contributed by atoms with Gasteiger partial charge in [0.15, 0.2) is 0 Å². The molecule has 3 nitrogen and oxygen atoms in total. The summed E-state index contributed by atoms with van der Waals surface area (Å²) in [7, 11) is 0. The monoisotopic (exact) mass is 279 g/mol. The number of aromatic nitrogens is 1. The fraction of sp³-hybridized carbons (Fsp3) is 0.692. The molecule has 2 atom stereocenters. The number of hydrogen-bond acceptors (Lipinski definition) is 5. The molecule has 0 aliphatic heterocycles. The average molecular weight is 279 g/mol. The second-order valence-corrected chi connectivity index (χ2v) is 7.69. The molecule has 3 rings (SSSR count). The maximum atomic E-state index is 9.53. The fourth-order valence-electron chi connectivity index (χ4n) is 2.62. The molecule has 2 unspecified atom stereocenters. The molecule has 0 saturated heterocycles. The molecular weight excluding hydrogens is 262 g/mol. The van der Waals surface area contributed by atoms with E-state index in [1.807, 2.05) is 23.3 Å². The van der Waals surface area contributed by atoms with Crippen molar-refractivity contribution in [2.24, 2.45) is 0 Å². The van der Waals surface area contributed by atoms with E-state index >= 15 is 0 Å². The van der Waals surface area contributed by atoms with Crippen molar-refractivity contribution in [3.05, 3.63) is 11.6 Å². The van der Waals surface area contributed by atoms with Crippen molar-refractivity contribution < 1.29 is 0 Å². The van der Waals surface area contributed by atoms with Gasteiger partial charge in [-0.3, -0.25) is 5.32 Å². The molecule has 2 aliphatic rings. The number of nitrogens with one attached hydrogen (secondary N) is 1. The number of nitrogens with zero attached hydrogens (tertiary/aromatic N) is 2. The van der Waals surface area contributed by atoms with Crippen LogP contribution in [0.2, 0.25) is 0 Å². The largest absolute Gasteiger partial charge is 0.297 e. The molecule has 2 fully saturated rings. The quantitative estimate of drug-likeness (QED) is 0.919. The Morgan fingerprint density at radius 3 is 3.06 bits per heavy atom. The fourth-order valence-corrected chi connectivity index (χ4v) is 4.84. The topological polar surface area (TPSA) is 48.7 Å². The van der Waals surface area contributed by atoms with Crippen LogP contribution in [0.4, 0.5) is 0 Å². The molecule has 5 heteroatoms. The van der Waals surface area contributed by atoms with Gasteiger partial charge in [-0.15, -0.1) is 11.3 Å². The summed E-state index contributed by atoms with van der Waals surface area (Å²) >= 11 is 3.55.